The van der Waals surface area contributed by atoms with E-state index in [1.807, 2.05) is 46.2 Å². The summed E-state index contributed by atoms with van der Waals surface area (Å²) in [6.07, 6.45) is 6.99. The molecule has 2 N–H and O–H groups in total. The van der Waals surface area contributed by atoms with Gasteiger partial charge < -0.3 is 15.5 Å². The third-order valence-corrected chi connectivity index (χ3v) is 6.64. The van der Waals surface area contributed by atoms with Crippen molar-refractivity contribution in [3.05, 3.63) is 59.2 Å². The van der Waals surface area contributed by atoms with E-state index in [1.165, 1.54) is 0 Å². The van der Waals surface area contributed by atoms with E-state index in [1.54, 1.807) is 0 Å². The van der Waals surface area contributed by atoms with Gasteiger partial charge in [0.1, 0.15) is 5.84 Å². The van der Waals surface area contributed by atoms with Crippen LogP contribution in [0, 0.1) is 0 Å². The van der Waals surface area contributed by atoms with Gasteiger partial charge in [-0.05, 0) is 61.1 Å². The van der Waals surface area contributed by atoms with E-state index in [0.717, 1.165) is 85.4 Å². The van der Waals surface area contributed by atoms with Crippen molar-refractivity contribution in [3.8, 4) is 11.1 Å². The van der Waals surface area contributed by atoms with Crippen LogP contribution < -0.4 is 5.73 Å². The molecule has 2 aromatic rings. The van der Waals surface area contributed by atoms with Crippen LogP contribution in [0.25, 0.3) is 17.2 Å². The highest BCUT2D eigenvalue weighted by atomic mass is 16.2. The van der Waals surface area contributed by atoms with Crippen LogP contribution >= 0.6 is 0 Å². The molecule has 0 unspecified atom stereocenters. The first-order valence-corrected chi connectivity index (χ1v) is 12.8. The molecule has 2 amide bonds. The van der Waals surface area contributed by atoms with E-state index in [4.69, 9.17) is 5.73 Å². The highest BCUT2D eigenvalue weighted by Gasteiger charge is 2.20. The maximum atomic E-state index is 13.0. The number of nitrogens with zero attached hydrogens (tertiary/aromatic N) is 3. The Morgan fingerprint density at radius 1 is 0.971 bits per heavy atom. The Bertz CT molecular complexity index is 1120. The summed E-state index contributed by atoms with van der Waals surface area (Å²) in [4.78, 5) is 34.1. The van der Waals surface area contributed by atoms with Gasteiger partial charge in [-0.1, -0.05) is 43.7 Å². The maximum absolute atomic E-state index is 13.0. The molecule has 2 aromatic carbocycles. The highest BCUT2D eigenvalue weighted by Crippen LogP contribution is 2.32. The average Bonchev–Trinajstić information content (AvgIpc) is 3.34. The Kier molecular flexibility index (Phi) is 8.01. The molecule has 1 saturated heterocycles. The number of amidine groups is 1. The number of likely N-dealkylation sites (tertiary alicyclic amines) is 1. The Balaban J connectivity index is 1.56. The average molecular weight is 473 g/mol. The summed E-state index contributed by atoms with van der Waals surface area (Å²) in [6, 6.07) is 13.9. The second kappa shape index (κ2) is 11.3. The van der Waals surface area contributed by atoms with Gasteiger partial charge in [0.25, 0.3) is 5.91 Å². The second-order valence-corrected chi connectivity index (χ2v) is 9.49. The van der Waals surface area contributed by atoms with Crippen LogP contribution in [0.2, 0.25) is 0 Å². The molecule has 6 heteroatoms. The number of hydrogen-bond donors (Lipinski definition) is 1. The van der Waals surface area contributed by atoms with Crippen molar-refractivity contribution in [2.75, 3.05) is 26.2 Å². The molecule has 0 bridgehead atoms. The zero-order valence-electron chi connectivity index (χ0n) is 20.9. The van der Waals surface area contributed by atoms with Gasteiger partial charge in [0, 0.05) is 50.1 Å². The quantitative estimate of drug-likeness (QED) is 0.558. The van der Waals surface area contributed by atoms with Crippen molar-refractivity contribution in [3.63, 3.8) is 0 Å². The lowest BCUT2D eigenvalue weighted by Gasteiger charge is -2.22. The van der Waals surface area contributed by atoms with Gasteiger partial charge >= 0.3 is 0 Å². The molecule has 184 valence electrons. The van der Waals surface area contributed by atoms with E-state index >= 15 is 0 Å². The summed E-state index contributed by atoms with van der Waals surface area (Å²) in [5, 5.41) is 0. The number of benzene rings is 2. The van der Waals surface area contributed by atoms with Crippen LogP contribution in [0.3, 0.4) is 0 Å². The van der Waals surface area contributed by atoms with Crippen molar-refractivity contribution in [2.45, 2.75) is 52.4 Å². The molecule has 0 atom stereocenters. The summed E-state index contributed by atoms with van der Waals surface area (Å²) >= 11 is 0. The van der Waals surface area contributed by atoms with Crippen molar-refractivity contribution >= 4 is 29.4 Å². The molecule has 0 saturated carbocycles. The van der Waals surface area contributed by atoms with Crippen LogP contribution in [0.15, 0.2) is 53.0 Å². The van der Waals surface area contributed by atoms with Crippen LogP contribution in [-0.2, 0) is 4.79 Å². The summed E-state index contributed by atoms with van der Waals surface area (Å²) in [5.41, 5.74) is 11.8. The van der Waals surface area contributed by atoms with Crippen LogP contribution in [0.4, 0.5) is 5.69 Å². The Hall–Kier alpha value is -3.41. The molecule has 2 aliphatic rings. The van der Waals surface area contributed by atoms with E-state index in [2.05, 4.69) is 31.0 Å². The van der Waals surface area contributed by atoms with Crippen LogP contribution in [0.5, 0.6) is 0 Å². The minimum Gasteiger partial charge on any atom is -0.387 e. The lowest BCUT2D eigenvalue weighted by Crippen LogP contribution is -2.32. The SMILES string of the molecule is CCCN(CCC)C(=O)CC1=Cc2cc(-c3ccc(C(=O)N4CCCC4)cc3)ccc2N=C(N)C1. The number of aliphatic imine (C=N–C) groups is 1. The number of carbonyl (C=O) groups is 2. The third kappa shape index (κ3) is 5.99. The lowest BCUT2D eigenvalue weighted by molar-refractivity contribution is -0.130. The highest BCUT2D eigenvalue weighted by molar-refractivity contribution is 5.95. The van der Waals surface area contributed by atoms with Crippen molar-refractivity contribution in [1.29, 1.82) is 0 Å². The predicted octanol–water partition coefficient (Wildman–Crippen LogP) is 5.40. The molecule has 35 heavy (non-hydrogen) atoms. The van der Waals surface area contributed by atoms with Gasteiger partial charge in [0.05, 0.1) is 5.69 Å². The molecule has 6 nitrogen and oxygen atoms in total. The molecular weight excluding hydrogens is 436 g/mol. The Labute approximate surface area is 208 Å². The molecule has 1 fully saturated rings. The fourth-order valence-electron chi connectivity index (χ4n) is 4.88. The Morgan fingerprint density at radius 2 is 1.63 bits per heavy atom. The zero-order chi connectivity index (χ0) is 24.8. The minimum absolute atomic E-state index is 0.109. The number of amides is 2. The molecule has 4 rings (SSSR count). The van der Waals surface area contributed by atoms with Gasteiger partial charge in [-0.15, -0.1) is 0 Å². The number of nitrogens with two attached hydrogens (primary N) is 1. The number of fused-ring (bicyclic) bond motifs is 1. The minimum atomic E-state index is 0.109. The summed E-state index contributed by atoms with van der Waals surface area (Å²) < 4.78 is 0. The monoisotopic (exact) mass is 472 g/mol. The largest absolute Gasteiger partial charge is 0.387 e. The first-order chi connectivity index (χ1) is 17.0. The van der Waals surface area contributed by atoms with Gasteiger partial charge in [-0.3, -0.25) is 9.59 Å². The van der Waals surface area contributed by atoms with Crippen LogP contribution in [-0.4, -0.2) is 53.6 Å². The molecule has 2 heterocycles. The summed E-state index contributed by atoms with van der Waals surface area (Å²) in [6.45, 7) is 7.44. The fourth-order valence-corrected chi connectivity index (χ4v) is 4.88. The van der Waals surface area contributed by atoms with Gasteiger partial charge in [0.2, 0.25) is 5.91 Å². The van der Waals surface area contributed by atoms with Gasteiger partial charge in [0.15, 0.2) is 0 Å². The number of hydrogen-bond acceptors (Lipinski definition) is 4. The molecular formula is C29H36N4O2. The summed E-state index contributed by atoms with van der Waals surface area (Å²) in [7, 11) is 0. The molecule has 2 aliphatic heterocycles. The van der Waals surface area contributed by atoms with Gasteiger partial charge in [-0.25, -0.2) is 4.99 Å². The lowest BCUT2D eigenvalue weighted by atomic mass is 9.98. The standard InChI is InChI=1S/C29H36N4O2/c1-3-13-32(14-4-2)28(34)19-21-17-25-20-24(11-12-26(25)31-27(30)18-21)22-7-9-23(10-8-22)29(35)33-15-5-6-16-33/h7-12,17,20H,3-6,13-16,18-19H2,1-2H3,(H2,30,31). The third-order valence-electron chi connectivity index (χ3n) is 6.64. The maximum Gasteiger partial charge on any atom is 0.253 e. The fraction of sp³-hybridized carbons (Fsp3) is 0.414. The summed E-state index contributed by atoms with van der Waals surface area (Å²) in [5.74, 6) is 0.779. The molecule has 0 aliphatic carbocycles. The van der Waals surface area contributed by atoms with Gasteiger partial charge in [-0.2, -0.15) is 0 Å². The Morgan fingerprint density at radius 3 is 2.29 bits per heavy atom. The predicted molar refractivity (Wildman–Crippen MR) is 143 cm³/mol. The van der Waals surface area contributed by atoms with Crippen molar-refractivity contribution in [1.82, 2.24) is 9.80 Å². The molecule has 0 radical (unpaired) electrons. The van der Waals surface area contributed by atoms with Crippen molar-refractivity contribution < 1.29 is 9.59 Å². The topological polar surface area (TPSA) is 79.0 Å². The number of rotatable bonds is 8. The smallest absolute Gasteiger partial charge is 0.253 e. The normalized spacial score (nSPS) is 15.2. The molecule has 0 aromatic heterocycles. The van der Waals surface area contributed by atoms with E-state index in [9.17, 15) is 9.59 Å². The van der Waals surface area contributed by atoms with Crippen molar-refractivity contribution in [2.24, 2.45) is 10.7 Å². The van der Waals surface area contributed by atoms with Crippen LogP contribution in [0.1, 0.15) is 68.3 Å². The molecule has 0 spiro atoms. The first-order valence-electron chi connectivity index (χ1n) is 12.8. The zero-order valence-corrected chi connectivity index (χ0v) is 20.9. The first kappa shape index (κ1) is 24.7. The van der Waals surface area contributed by atoms with E-state index < -0.39 is 0 Å². The number of carbonyl (C=O) groups excluding carboxylic acids is 2. The van der Waals surface area contributed by atoms with E-state index in [-0.39, 0.29) is 11.8 Å². The second-order valence-electron chi connectivity index (χ2n) is 9.49. The van der Waals surface area contributed by atoms with E-state index in [0.29, 0.717) is 18.7 Å².